The molecule has 400 valence electrons. The Morgan fingerprint density at radius 1 is 0.463 bits per heavy atom. The smallest absolute Gasteiger partial charge is 0.220 e. The molecule has 8 atom stereocenters. The summed E-state index contributed by atoms with van der Waals surface area (Å²) in [5.41, 5.74) is 0. The SMILES string of the molecule is CCCCCCCCCCCCCCCCCCCCCCCCCCCCCCC(=O)N[C@@H](CO[C@@H]1O[C@H](CO)[C@@H](O)C(O)C1O)[C@H](O)[C@H](O)CCCCCCCCCCCCCCCC. The molecule has 1 aliphatic heterocycles. The molecule has 0 saturated carbocycles. The molecule has 1 heterocycles. The van der Waals surface area contributed by atoms with Gasteiger partial charge in [-0.2, -0.15) is 0 Å². The van der Waals surface area contributed by atoms with E-state index < -0.39 is 55.6 Å². The van der Waals surface area contributed by atoms with E-state index in [-0.39, 0.29) is 18.9 Å². The Hall–Kier alpha value is -0.850. The van der Waals surface area contributed by atoms with Crippen LogP contribution >= 0.6 is 0 Å². The molecule has 1 rings (SSSR count). The van der Waals surface area contributed by atoms with Gasteiger partial charge in [0.25, 0.3) is 0 Å². The van der Waals surface area contributed by atoms with Gasteiger partial charge in [0.2, 0.25) is 5.91 Å². The van der Waals surface area contributed by atoms with E-state index in [0.717, 1.165) is 38.5 Å². The maximum Gasteiger partial charge on any atom is 0.220 e. The van der Waals surface area contributed by atoms with Crippen LogP contribution in [0.1, 0.15) is 296 Å². The van der Waals surface area contributed by atoms with Gasteiger partial charge in [-0.3, -0.25) is 4.79 Å². The highest BCUT2D eigenvalue weighted by Crippen LogP contribution is 2.24. The largest absolute Gasteiger partial charge is 0.394 e. The van der Waals surface area contributed by atoms with Crippen LogP contribution in [0, 0.1) is 0 Å². The van der Waals surface area contributed by atoms with Gasteiger partial charge in [-0.1, -0.05) is 277 Å². The second-order valence-corrected chi connectivity index (χ2v) is 20.9. The Balaban J connectivity index is 2.18. The Morgan fingerprint density at radius 3 is 1.10 bits per heavy atom. The fourth-order valence-corrected chi connectivity index (χ4v) is 9.85. The molecular formula is C57H113NO9. The first-order valence-electron chi connectivity index (χ1n) is 29.3. The first-order valence-corrected chi connectivity index (χ1v) is 29.3. The highest BCUT2D eigenvalue weighted by Gasteiger charge is 2.44. The van der Waals surface area contributed by atoms with Gasteiger partial charge in [-0.05, 0) is 12.8 Å². The standard InChI is InChI=1S/C57H113NO9/c1-3-5-7-9-11-13-15-17-19-20-21-22-23-24-25-26-27-28-29-30-31-32-34-36-38-40-42-44-46-52(61)58-49(48-66-57-56(65)55(64)54(63)51(47-59)67-57)53(62)50(60)45-43-41-39-37-35-33-18-16-14-12-10-8-6-4-2/h49-51,53-57,59-60,62-65H,3-48H2,1-2H3,(H,58,61)/t49-,50+,51+,53-,54+,55?,56?,57+/m0/s1. The third-order valence-corrected chi connectivity index (χ3v) is 14.6. The van der Waals surface area contributed by atoms with Crippen molar-refractivity contribution < 1.29 is 44.9 Å². The fraction of sp³-hybridized carbons (Fsp3) is 0.982. The van der Waals surface area contributed by atoms with Crippen LogP contribution in [-0.2, 0) is 14.3 Å². The Labute approximate surface area is 413 Å². The average molecular weight is 957 g/mol. The number of ether oxygens (including phenoxy) is 2. The van der Waals surface area contributed by atoms with E-state index in [1.54, 1.807) is 0 Å². The summed E-state index contributed by atoms with van der Waals surface area (Å²) in [7, 11) is 0. The van der Waals surface area contributed by atoms with Crippen LogP contribution in [0.25, 0.3) is 0 Å². The maximum absolute atomic E-state index is 13.1. The Bertz CT molecular complexity index is 1040. The summed E-state index contributed by atoms with van der Waals surface area (Å²) in [6.45, 7) is 3.65. The average Bonchev–Trinajstić information content (AvgIpc) is 3.33. The van der Waals surface area contributed by atoms with Gasteiger partial charge < -0.3 is 45.4 Å². The molecule has 10 heteroatoms. The molecule has 1 aliphatic rings. The fourth-order valence-electron chi connectivity index (χ4n) is 9.85. The van der Waals surface area contributed by atoms with Gasteiger partial charge in [-0.25, -0.2) is 0 Å². The van der Waals surface area contributed by atoms with Crippen LogP contribution in [0.2, 0.25) is 0 Å². The van der Waals surface area contributed by atoms with E-state index in [4.69, 9.17) is 9.47 Å². The van der Waals surface area contributed by atoms with Crippen LogP contribution in [0.4, 0.5) is 0 Å². The molecule has 2 unspecified atom stereocenters. The van der Waals surface area contributed by atoms with E-state index in [1.165, 1.54) is 231 Å². The lowest BCUT2D eigenvalue weighted by Crippen LogP contribution is -2.60. The monoisotopic (exact) mass is 956 g/mol. The third-order valence-electron chi connectivity index (χ3n) is 14.6. The minimum absolute atomic E-state index is 0.250. The summed E-state index contributed by atoms with van der Waals surface area (Å²) in [6, 6.07) is -0.986. The molecule has 0 aromatic carbocycles. The molecule has 7 N–H and O–H groups in total. The van der Waals surface area contributed by atoms with Crippen molar-refractivity contribution in [3.8, 4) is 0 Å². The number of hydrogen-bond acceptors (Lipinski definition) is 9. The lowest BCUT2D eigenvalue weighted by molar-refractivity contribution is -0.303. The van der Waals surface area contributed by atoms with Crippen LogP contribution in [-0.4, -0.2) is 98.7 Å². The van der Waals surface area contributed by atoms with Crippen molar-refractivity contribution in [2.24, 2.45) is 0 Å². The number of amides is 1. The summed E-state index contributed by atoms with van der Waals surface area (Å²) in [5, 5.41) is 65.5. The first-order chi connectivity index (χ1) is 32.8. The third kappa shape index (κ3) is 36.7. The Kier molecular flexibility index (Phi) is 45.5. The van der Waals surface area contributed by atoms with Gasteiger partial charge in [0, 0.05) is 6.42 Å². The molecule has 0 aromatic rings. The lowest BCUT2D eigenvalue weighted by Gasteiger charge is -2.40. The molecule has 0 spiro atoms. The summed E-state index contributed by atoms with van der Waals surface area (Å²) >= 11 is 0. The van der Waals surface area contributed by atoms with Gasteiger partial charge in [0.05, 0.1) is 25.4 Å². The van der Waals surface area contributed by atoms with Crippen molar-refractivity contribution in [1.29, 1.82) is 0 Å². The van der Waals surface area contributed by atoms with E-state index >= 15 is 0 Å². The van der Waals surface area contributed by atoms with Crippen molar-refractivity contribution in [3.63, 3.8) is 0 Å². The molecule has 0 aliphatic carbocycles. The predicted molar refractivity (Wildman–Crippen MR) is 278 cm³/mol. The first kappa shape index (κ1) is 64.2. The van der Waals surface area contributed by atoms with Crippen LogP contribution in [0.15, 0.2) is 0 Å². The van der Waals surface area contributed by atoms with Crippen molar-refractivity contribution in [2.75, 3.05) is 13.2 Å². The summed E-state index contributed by atoms with van der Waals surface area (Å²) in [6.07, 6.45) is 45.6. The zero-order valence-corrected chi connectivity index (χ0v) is 44.1. The maximum atomic E-state index is 13.1. The zero-order valence-electron chi connectivity index (χ0n) is 44.1. The van der Waals surface area contributed by atoms with Gasteiger partial charge >= 0.3 is 0 Å². The lowest BCUT2D eigenvalue weighted by atomic mass is 9.98. The second kappa shape index (κ2) is 47.5. The minimum Gasteiger partial charge on any atom is -0.394 e. The highest BCUT2D eigenvalue weighted by atomic mass is 16.7. The number of aliphatic hydroxyl groups excluding tert-OH is 6. The van der Waals surface area contributed by atoms with Gasteiger partial charge in [-0.15, -0.1) is 0 Å². The summed E-state index contributed by atoms with van der Waals surface area (Å²) < 4.78 is 11.2. The topological polar surface area (TPSA) is 169 Å². The molecule has 1 amide bonds. The van der Waals surface area contributed by atoms with E-state index in [9.17, 15) is 35.4 Å². The molecule has 0 bridgehead atoms. The number of nitrogens with one attached hydrogen (secondary N) is 1. The van der Waals surface area contributed by atoms with Gasteiger partial charge in [0.1, 0.15) is 30.5 Å². The molecule has 1 fully saturated rings. The zero-order chi connectivity index (χ0) is 48.8. The number of carbonyl (C=O) groups excluding carboxylic acids is 1. The predicted octanol–water partition coefficient (Wildman–Crippen LogP) is 13.2. The second-order valence-electron chi connectivity index (χ2n) is 20.9. The van der Waals surface area contributed by atoms with E-state index in [0.29, 0.717) is 6.42 Å². The molecule has 1 saturated heterocycles. The van der Waals surface area contributed by atoms with Crippen molar-refractivity contribution in [2.45, 2.75) is 345 Å². The molecular weight excluding hydrogens is 843 g/mol. The molecule has 0 radical (unpaired) electrons. The molecule has 67 heavy (non-hydrogen) atoms. The molecule has 0 aromatic heterocycles. The number of hydrogen-bond donors (Lipinski definition) is 7. The Morgan fingerprint density at radius 2 is 0.776 bits per heavy atom. The number of rotatable bonds is 51. The van der Waals surface area contributed by atoms with Crippen molar-refractivity contribution >= 4 is 5.91 Å². The number of aliphatic hydroxyl groups is 6. The summed E-state index contributed by atoms with van der Waals surface area (Å²) in [4.78, 5) is 13.1. The number of unbranched alkanes of at least 4 members (excludes halogenated alkanes) is 40. The quantitative estimate of drug-likeness (QED) is 0.0293. The van der Waals surface area contributed by atoms with E-state index in [1.807, 2.05) is 0 Å². The van der Waals surface area contributed by atoms with Crippen LogP contribution < -0.4 is 5.32 Å². The highest BCUT2D eigenvalue weighted by molar-refractivity contribution is 5.76. The van der Waals surface area contributed by atoms with Crippen LogP contribution in [0.3, 0.4) is 0 Å². The van der Waals surface area contributed by atoms with Crippen LogP contribution in [0.5, 0.6) is 0 Å². The van der Waals surface area contributed by atoms with Gasteiger partial charge in [0.15, 0.2) is 6.29 Å². The summed E-state index contributed by atoms with van der Waals surface area (Å²) in [5.74, 6) is -0.250. The minimum atomic E-state index is -1.60. The number of carbonyl (C=O) groups is 1. The van der Waals surface area contributed by atoms with Crippen molar-refractivity contribution in [3.05, 3.63) is 0 Å². The van der Waals surface area contributed by atoms with E-state index in [2.05, 4.69) is 19.2 Å². The van der Waals surface area contributed by atoms with Crippen molar-refractivity contribution in [1.82, 2.24) is 5.32 Å². The normalized spacial score (nSPS) is 20.0. The molecule has 10 nitrogen and oxygen atoms in total.